The van der Waals surface area contributed by atoms with Gasteiger partial charge in [0, 0.05) is 23.9 Å². The molecule has 1 aliphatic rings. The molecule has 1 atom stereocenters. The van der Waals surface area contributed by atoms with Gasteiger partial charge in [0.2, 0.25) is 0 Å². The van der Waals surface area contributed by atoms with Gasteiger partial charge >= 0.3 is 0 Å². The zero-order valence-electron chi connectivity index (χ0n) is 12.8. The minimum Gasteiger partial charge on any atom is -0.355 e. The molecule has 2 heterocycles. The number of nitrogens with one attached hydrogen (secondary N) is 2. The Kier molecular flexibility index (Phi) is 7.71. The van der Waals surface area contributed by atoms with E-state index in [4.69, 9.17) is 11.6 Å². The smallest absolute Gasteiger partial charge is 0.191 e. The van der Waals surface area contributed by atoms with Crippen molar-refractivity contribution in [3.05, 3.63) is 28.2 Å². The van der Waals surface area contributed by atoms with Crippen molar-refractivity contribution in [2.24, 2.45) is 4.99 Å². The SMILES string of the molecule is CN=C(NCc1nc2cc(Cl)ccc2s1)NCC1CCCS1.I. The van der Waals surface area contributed by atoms with Crippen molar-refractivity contribution in [2.45, 2.75) is 24.6 Å². The second-order valence-corrected chi connectivity index (χ2v) is 8.12. The lowest BCUT2D eigenvalue weighted by Gasteiger charge is -2.14. The van der Waals surface area contributed by atoms with Crippen LogP contribution in [-0.4, -0.2) is 35.5 Å². The minimum atomic E-state index is 0. The van der Waals surface area contributed by atoms with E-state index in [0.29, 0.717) is 11.8 Å². The van der Waals surface area contributed by atoms with Crippen LogP contribution in [0.2, 0.25) is 5.02 Å². The highest BCUT2D eigenvalue weighted by molar-refractivity contribution is 14.0. The second-order valence-electron chi connectivity index (χ2n) is 5.16. The highest BCUT2D eigenvalue weighted by atomic mass is 127. The Labute approximate surface area is 166 Å². The van der Waals surface area contributed by atoms with Crippen LogP contribution in [0.15, 0.2) is 23.2 Å². The van der Waals surface area contributed by atoms with E-state index in [1.807, 2.05) is 30.0 Å². The summed E-state index contributed by atoms with van der Waals surface area (Å²) in [5, 5.41) is 9.20. The number of rotatable bonds is 4. The first-order valence-electron chi connectivity index (χ1n) is 7.35. The third-order valence-corrected chi connectivity index (χ3v) is 6.22. The summed E-state index contributed by atoms with van der Waals surface area (Å²) in [6, 6.07) is 5.82. The largest absolute Gasteiger partial charge is 0.355 e. The number of halogens is 2. The Morgan fingerprint density at radius 3 is 3.04 bits per heavy atom. The van der Waals surface area contributed by atoms with Crippen LogP contribution in [0, 0.1) is 0 Å². The molecule has 1 aliphatic heterocycles. The standard InChI is InChI=1S/C15H19ClN4S2.HI/c1-17-15(18-8-11-3-2-6-21-11)19-9-14-20-12-7-10(16)4-5-13(12)22-14;/h4-5,7,11H,2-3,6,8-9H2,1H3,(H2,17,18,19);1H. The molecule has 1 fully saturated rings. The molecule has 0 aliphatic carbocycles. The van der Waals surface area contributed by atoms with Gasteiger partial charge in [0.05, 0.1) is 16.8 Å². The van der Waals surface area contributed by atoms with Crippen LogP contribution in [-0.2, 0) is 6.54 Å². The van der Waals surface area contributed by atoms with Crippen LogP contribution in [0.5, 0.6) is 0 Å². The van der Waals surface area contributed by atoms with Crippen molar-refractivity contribution >= 4 is 74.9 Å². The summed E-state index contributed by atoms with van der Waals surface area (Å²) in [4.78, 5) is 8.88. The lowest BCUT2D eigenvalue weighted by atomic mass is 10.2. The van der Waals surface area contributed by atoms with Gasteiger partial charge in [0.15, 0.2) is 5.96 Å². The Hall–Kier alpha value is -0.250. The van der Waals surface area contributed by atoms with Crippen LogP contribution in [0.4, 0.5) is 0 Å². The van der Waals surface area contributed by atoms with Crippen molar-refractivity contribution in [3.8, 4) is 0 Å². The molecule has 1 saturated heterocycles. The van der Waals surface area contributed by atoms with E-state index in [2.05, 4.69) is 20.6 Å². The number of fused-ring (bicyclic) bond motifs is 1. The lowest BCUT2D eigenvalue weighted by molar-refractivity contribution is 0.725. The van der Waals surface area contributed by atoms with Gasteiger partial charge in [-0.15, -0.1) is 35.3 Å². The van der Waals surface area contributed by atoms with Gasteiger partial charge < -0.3 is 10.6 Å². The molecular weight excluding hydrogens is 463 g/mol. The van der Waals surface area contributed by atoms with Crippen LogP contribution < -0.4 is 10.6 Å². The summed E-state index contributed by atoms with van der Waals surface area (Å²) < 4.78 is 1.16. The van der Waals surface area contributed by atoms with E-state index in [-0.39, 0.29) is 24.0 Å². The van der Waals surface area contributed by atoms with Crippen LogP contribution >= 0.6 is 58.7 Å². The molecule has 4 nitrogen and oxygen atoms in total. The number of guanidine groups is 1. The van der Waals surface area contributed by atoms with Crippen molar-refractivity contribution in [2.75, 3.05) is 19.3 Å². The highest BCUT2D eigenvalue weighted by Crippen LogP contribution is 2.25. The fourth-order valence-corrected chi connectivity index (χ4v) is 4.67. The fourth-order valence-electron chi connectivity index (χ4n) is 2.42. The maximum Gasteiger partial charge on any atom is 0.191 e. The molecule has 3 rings (SSSR count). The van der Waals surface area contributed by atoms with Gasteiger partial charge in [0.25, 0.3) is 0 Å². The summed E-state index contributed by atoms with van der Waals surface area (Å²) in [7, 11) is 1.80. The van der Waals surface area contributed by atoms with E-state index in [9.17, 15) is 0 Å². The number of hydrogen-bond acceptors (Lipinski definition) is 4. The highest BCUT2D eigenvalue weighted by Gasteiger charge is 2.15. The first-order chi connectivity index (χ1) is 10.7. The van der Waals surface area contributed by atoms with Gasteiger partial charge in [-0.3, -0.25) is 4.99 Å². The summed E-state index contributed by atoms with van der Waals surface area (Å²) in [5.41, 5.74) is 0.958. The number of thioether (sulfide) groups is 1. The predicted molar refractivity (Wildman–Crippen MR) is 114 cm³/mol. The zero-order valence-corrected chi connectivity index (χ0v) is 17.6. The number of aromatic nitrogens is 1. The zero-order chi connectivity index (χ0) is 15.4. The molecule has 23 heavy (non-hydrogen) atoms. The van der Waals surface area contributed by atoms with Gasteiger partial charge in [-0.2, -0.15) is 11.8 Å². The number of nitrogens with zero attached hydrogens (tertiary/aromatic N) is 2. The molecule has 8 heteroatoms. The van der Waals surface area contributed by atoms with E-state index in [1.54, 1.807) is 18.4 Å². The molecule has 1 unspecified atom stereocenters. The maximum absolute atomic E-state index is 6.00. The van der Waals surface area contributed by atoms with Crippen molar-refractivity contribution < 1.29 is 0 Å². The molecule has 126 valence electrons. The Balaban J connectivity index is 0.00000192. The minimum absolute atomic E-state index is 0. The van der Waals surface area contributed by atoms with Crippen molar-refractivity contribution in [1.29, 1.82) is 0 Å². The molecule has 0 spiro atoms. The first-order valence-corrected chi connectivity index (χ1v) is 9.60. The monoisotopic (exact) mass is 482 g/mol. The lowest BCUT2D eigenvalue weighted by Crippen LogP contribution is -2.39. The second kappa shape index (κ2) is 9.29. The third kappa shape index (κ3) is 5.37. The van der Waals surface area contributed by atoms with E-state index < -0.39 is 0 Å². The molecule has 0 saturated carbocycles. The molecule has 0 amide bonds. The van der Waals surface area contributed by atoms with Crippen LogP contribution in [0.3, 0.4) is 0 Å². The number of thiazole rings is 1. The molecule has 1 aromatic carbocycles. The average molecular weight is 483 g/mol. The summed E-state index contributed by atoms with van der Waals surface area (Å²) in [6.45, 7) is 1.65. The number of hydrogen-bond donors (Lipinski definition) is 2. The first kappa shape index (κ1) is 19.1. The Bertz CT molecular complexity index is 671. The predicted octanol–water partition coefficient (Wildman–Crippen LogP) is 4.13. The fraction of sp³-hybridized carbons (Fsp3) is 0.467. The van der Waals surface area contributed by atoms with E-state index in [0.717, 1.165) is 32.8 Å². The normalized spacial score (nSPS) is 18.0. The van der Waals surface area contributed by atoms with Gasteiger partial charge in [-0.25, -0.2) is 4.98 Å². The number of benzene rings is 1. The van der Waals surface area contributed by atoms with E-state index >= 15 is 0 Å². The summed E-state index contributed by atoms with van der Waals surface area (Å²) in [6.07, 6.45) is 2.63. The molecule has 2 aromatic rings. The van der Waals surface area contributed by atoms with Crippen molar-refractivity contribution in [3.63, 3.8) is 0 Å². The van der Waals surface area contributed by atoms with Gasteiger partial charge in [0.1, 0.15) is 5.01 Å². The molecule has 1 aromatic heterocycles. The number of aliphatic imine (C=N–C) groups is 1. The average Bonchev–Trinajstić information content (AvgIpc) is 3.16. The van der Waals surface area contributed by atoms with Gasteiger partial charge in [-0.05, 0) is 36.8 Å². The van der Waals surface area contributed by atoms with Crippen LogP contribution in [0.25, 0.3) is 10.2 Å². The molecule has 0 radical (unpaired) electrons. The quantitative estimate of drug-likeness (QED) is 0.391. The maximum atomic E-state index is 6.00. The summed E-state index contributed by atoms with van der Waals surface area (Å²) in [5.74, 6) is 2.12. The molecular formula is C15H20ClIN4S2. The van der Waals surface area contributed by atoms with Crippen molar-refractivity contribution in [1.82, 2.24) is 15.6 Å². The Morgan fingerprint density at radius 1 is 1.43 bits per heavy atom. The third-order valence-electron chi connectivity index (χ3n) is 3.55. The van der Waals surface area contributed by atoms with Gasteiger partial charge in [-0.1, -0.05) is 11.6 Å². The summed E-state index contributed by atoms with van der Waals surface area (Å²) >= 11 is 9.73. The molecule has 2 N–H and O–H groups in total. The van der Waals surface area contributed by atoms with Crippen LogP contribution in [0.1, 0.15) is 17.8 Å². The van der Waals surface area contributed by atoms with E-state index in [1.165, 1.54) is 18.6 Å². The molecule has 0 bridgehead atoms. The Morgan fingerprint density at radius 2 is 2.30 bits per heavy atom. The topological polar surface area (TPSA) is 49.3 Å².